The standard InChI is InChI=1S/C19H15FN6O/c1-12(27)10-13-4-2-5-16(22-13)18-24-19(17-6-3-9-26(17)25-18)23-15-7-8-21-11-14(15)20/h2-9,11H,10H2,1H3,(H,21,23,24,25). The highest BCUT2D eigenvalue weighted by Crippen LogP contribution is 2.24. The van der Waals surface area contributed by atoms with Gasteiger partial charge in [-0.3, -0.25) is 9.78 Å². The van der Waals surface area contributed by atoms with E-state index in [1.165, 1.54) is 19.2 Å². The Labute approximate surface area is 153 Å². The van der Waals surface area contributed by atoms with Crippen LogP contribution in [-0.2, 0) is 11.2 Å². The number of rotatable bonds is 5. The van der Waals surface area contributed by atoms with Crippen LogP contribution in [0.15, 0.2) is 55.0 Å². The number of carbonyl (C=O) groups excluding carboxylic acids is 1. The zero-order valence-electron chi connectivity index (χ0n) is 14.4. The van der Waals surface area contributed by atoms with E-state index >= 15 is 0 Å². The van der Waals surface area contributed by atoms with Gasteiger partial charge in [-0.1, -0.05) is 6.07 Å². The van der Waals surface area contributed by atoms with Crippen LogP contribution in [0.25, 0.3) is 17.0 Å². The molecule has 0 saturated heterocycles. The number of nitrogens with zero attached hydrogens (tertiary/aromatic N) is 5. The largest absolute Gasteiger partial charge is 0.336 e. The summed E-state index contributed by atoms with van der Waals surface area (Å²) in [7, 11) is 0. The van der Waals surface area contributed by atoms with E-state index in [2.05, 4.69) is 25.4 Å². The number of ketones is 1. The topological polar surface area (TPSA) is 85.1 Å². The summed E-state index contributed by atoms with van der Waals surface area (Å²) in [6.07, 6.45) is 4.64. The second kappa shape index (κ2) is 6.91. The Morgan fingerprint density at radius 1 is 1.19 bits per heavy atom. The van der Waals surface area contributed by atoms with Gasteiger partial charge < -0.3 is 5.32 Å². The molecule has 0 aliphatic heterocycles. The fourth-order valence-electron chi connectivity index (χ4n) is 2.70. The minimum absolute atomic E-state index is 0.0250. The minimum atomic E-state index is -0.482. The average Bonchev–Trinajstić information content (AvgIpc) is 3.12. The summed E-state index contributed by atoms with van der Waals surface area (Å²) in [5, 5.41) is 7.45. The van der Waals surface area contributed by atoms with E-state index in [1.807, 2.05) is 12.1 Å². The van der Waals surface area contributed by atoms with Gasteiger partial charge >= 0.3 is 0 Å². The van der Waals surface area contributed by atoms with Crippen LogP contribution in [0.1, 0.15) is 12.6 Å². The molecule has 27 heavy (non-hydrogen) atoms. The molecule has 4 rings (SSSR count). The Bertz CT molecular complexity index is 1140. The van der Waals surface area contributed by atoms with Crippen molar-refractivity contribution in [2.24, 2.45) is 0 Å². The molecule has 8 heteroatoms. The van der Waals surface area contributed by atoms with Crippen LogP contribution in [0.2, 0.25) is 0 Å². The van der Waals surface area contributed by atoms with Gasteiger partial charge in [-0.15, -0.1) is 5.10 Å². The zero-order chi connectivity index (χ0) is 18.8. The van der Waals surface area contributed by atoms with E-state index < -0.39 is 5.82 Å². The summed E-state index contributed by atoms with van der Waals surface area (Å²) >= 11 is 0. The van der Waals surface area contributed by atoms with E-state index in [0.717, 1.165) is 6.20 Å². The highest BCUT2D eigenvalue weighted by Gasteiger charge is 2.13. The van der Waals surface area contributed by atoms with E-state index in [0.29, 0.717) is 28.5 Å². The lowest BCUT2D eigenvalue weighted by atomic mass is 10.2. The fraction of sp³-hybridized carbons (Fsp3) is 0.105. The predicted octanol–water partition coefficient (Wildman–Crippen LogP) is 3.20. The third-order valence-electron chi connectivity index (χ3n) is 3.88. The maximum absolute atomic E-state index is 14.0. The van der Waals surface area contributed by atoms with E-state index in [-0.39, 0.29) is 17.9 Å². The van der Waals surface area contributed by atoms with Gasteiger partial charge in [0.1, 0.15) is 17.0 Å². The van der Waals surface area contributed by atoms with Crippen molar-refractivity contribution in [2.75, 3.05) is 5.32 Å². The molecule has 134 valence electrons. The summed E-state index contributed by atoms with van der Waals surface area (Å²) in [5.41, 5.74) is 2.12. The quantitative estimate of drug-likeness (QED) is 0.587. The predicted molar refractivity (Wildman–Crippen MR) is 98.1 cm³/mol. The van der Waals surface area contributed by atoms with Crippen molar-refractivity contribution in [3.8, 4) is 11.5 Å². The number of carbonyl (C=O) groups is 1. The number of hydrogen-bond donors (Lipinski definition) is 1. The fourth-order valence-corrected chi connectivity index (χ4v) is 2.70. The van der Waals surface area contributed by atoms with Gasteiger partial charge in [0.25, 0.3) is 0 Å². The monoisotopic (exact) mass is 362 g/mol. The highest BCUT2D eigenvalue weighted by molar-refractivity contribution is 5.78. The third kappa shape index (κ3) is 3.50. The van der Waals surface area contributed by atoms with Gasteiger partial charge in [0.2, 0.25) is 5.82 Å². The number of fused-ring (bicyclic) bond motifs is 1. The molecule has 4 heterocycles. The van der Waals surface area contributed by atoms with Crippen molar-refractivity contribution in [3.63, 3.8) is 0 Å². The number of hydrogen-bond acceptors (Lipinski definition) is 6. The number of nitrogens with one attached hydrogen (secondary N) is 1. The Morgan fingerprint density at radius 3 is 2.89 bits per heavy atom. The molecule has 0 fully saturated rings. The van der Waals surface area contributed by atoms with Gasteiger partial charge in [0, 0.05) is 24.5 Å². The van der Waals surface area contributed by atoms with Crippen LogP contribution < -0.4 is 5.32 Å². The first-order valence-electron chi connectivity index (χ1n) is 8.28. The second-order valence-electron chi connectivity index (χ2n) is 6.00. The Morgan fingerprint density at radius 2 is 2.07 bits per heavy atom. The lowest BCUT2D eigenvalue weighted by Crippen LogP contribution is -2.06. The molecular weight excluding hydrogens is 347 g/mol. The molecule has 0 aliphatic rings. The molecule has 0 unspecified atom stereocenters. The molecule has 0 spiro atoms. The summed E-state index contributed by atoms with van der Waals surface area (Å²) in [5.74, 6) is 0.343. The van der Waals surface area contributed by atoms with Crippen molar-refractivity contribution < 1.29 is 9.18 Å². The van der Waals surface area contributed by atoms with Crippen LogP contribution in [0.5, 0.6) is 0 Å². The van der Waals surface area contributed by atoms with Crippen LogP contribution in [0.3, 0.4) is 0 Å². The Hall–Kier alpha value is -3.68. The molecule has 4 aromatic heterocycles. The molecular formula is C19H15FN6O. The van der Waals surface area contributed by atoms with Crippen LogP contribution in [0, 0.1) is 5.82 Å². The molecule has 0 radical (unpaired) electrons. The average molecular weight is 362 g/mol. The maximum Gasteiger partial charge on any atom is 0.200 e. The van der Waals surface area contributed by atoms with E-state index in [9.17, 15) is 9.18 Å². The van der Waals surface area contributed by atoms with Crippen LogP contribution >= 0.6 is 0 Å². The summed E-state index contributed by atoms with van der Waals surface area (Å²) in [6.45, 7) is 1.52. The third-order valence-corrected chi connectivity index (χ3v) is 3.88. The first-order chi connectivity index (χ1) is 13.1. The van der Waals surface area contributed by atoms with E-state index in [1.54, 1.807) is 28.9 Å². The second-order valence-corrected chi connectivity index (χ2v) is 6.00. The normalized spacial score (nSPS) is 10.9. The van der Waals surface area contributed by atoms with Gasteiger partial charge in [0.15, 0.2) is 11.6 Å². The van der Waals surface area contributed by atoms with Crippen molar-refractivity contribution in [2.45, 2.75) is 13.3 Å². The van der Waals surface area contributed by atoms with Crippen molar-refractivity contribution in [1.82, 2.24) is 24.6 Å². The van der Waals surface area contributed by atoms with Crippen molar-refractivity contribution in [1.29, 1.82) is 0 Å². The molecule has 4 aromatic rings. The maximum atomic E-state index is 14.0. The molecule has 0 amide bonds. The van der Waals surface area contributed by atoms with E-state index in [4.69, 9.17) is 0 Å². The Balaban J connectivity index is 1.79. The lowest BCUT2D eigenvalue weighted by molar-refractivity contribution is -0.116. The molecule has 0 saturated carbocycles. The summed E-state index contributed by atoms with van der Waals surface area (Å²) in [6, 6.07) is 10.5. The molecule has 0 bridgehead atoms. The number of anilines is 2. The lowest BCUT2D eigenvalue weighted by Gasteiger charge is -2.10. The number of pyridine rings is 2. The van der Waals surface area contributed by atoms with Gasteiger partial charge in [0.05, 0.1) is 11.9 Å². The molecule has 0 atom stereocenters. The highest BCUT2D eigenvalue weighted by atomic mass is 19.1. The smallest absolute Gasteiger partial charge is 0.200 e. The molecule has 1 N–H and O–H groups in total. The number of Topliss-reactive ketones (excluding diaryl/α,β-unsaturated/α-hetero) is 1. The number of halogens is 1. The summed E-state index contributed by atoms with van der Waals surface area (Å²) in [4.78, 5) is 24.1. The van der Waals surface area contributed by atoms with Crippen molar-refractivity contribution >= 4 is 22.8 Å². The van der Waals surface area contributed by atoms with Crippen LogP contribution in [0.4, 0.5) is 15.9 Å². The molecule has 7 nitrogen and oxygen atoms in total. The molecule has 0 aliphatic carbocycles. The van der Waals surface area contributed by atoms with Crippen molar-refractivity contribution in [3.05, 3.63) is 66.5 Å². The van der Waals surface area contributed by atoms with Crippen LogP contribution in [-0.4, -0.2) is 30.3 Å². The van der Waals surface area contributed by atoms with Gasteiger partial charge in [-0.05, 0) is 37.3 Å². The first-order valence-corrected chi connectivity index (χ1v) is 8.28. The number of aromatic nitrogens is 5. The van der Waals surface area contributed by atoms with Gasteiger partial charge in [-0.25, -0.2) is 18.9 Å². The zero-order valence-corrected chi connectivity index (χ0v) is 14.4. The first kappa shape index (κ1) is 16.8. The van der Waals surface area contributed by atoms with Gasteiger partial charge in [-0.2, -0.15) is 0 Å². The SMILES string of the molecule is CC(=O)Cc1cccc(-c2nc(Nc3ccncc3F)c3cccn3n2)n1. The minimum Gasteiger partial charge on any atom is -0.336 e. The Kier molecular flexibility index (Phi) is 4.29. The molecule has 0 aromatic carbocycles. The summed E-state index contributed by atoms with van der Waals surface area (Å²) < 4.78 is 15.6.